The van der Waals surface area contributed by atoms with Crippen molar-refractivity contribution in [3.63, 3.8) is 0 Å². The highest BCUT2D eigenvalue weighted by molar-refractivity contribution is 5.52. The van der Waals surface area contributed by atoms with Gasteiger partial charge in [0.25, 0.3) is 0 Å². The first-order valence-electron chi connectivity index (χ1n) is 15.7. The largest absolute Gasteiger partial charge is 0.513 e. The van der Waals surface area contributed by atoms with Gasteiger partial charge in [-0.3, -0.25) is 0 Å². The van der Waals surface area contributed by atoms with E-state index in [4.69, 9.17) is 5.11 Å². The van der Waals surface area contributed by atoms with Gasteiger partial charge < -0.3 is 10.0 Å². The topological polar surface area (TPSA) is 23.5 Å². The number of allylic oxidation sites excluding steroid dienone is 6. The molecule has 1 heterocycles. The first kappa shape index (κ1) is 30.9. The van der Waals surface area contributed by atoms with Crippen molar-refractivity contribution in [2.75, 3.05) is 6.54 Å². The van der Waals surface area contributed by atoms with Crippen LogP contribution in [0, 0.1) is 0 Å². The highest BCUT2D eigenvalue weighted by atomic mass is 16.3. The van der Waals surface area contributed by atoms with Gasteiger partial charge in [-0.05, 0) is 71.6 Å². The first-order valence-corrected chi connectivity index (χ1v) is 15.7. The Hall–Kier alpha value is -4.04. The van der Waals surface area contributed by atoms with Gasteiger partial charge in [-0.2, -0.15) is 0 Å². The predicted molar refractivity (Wildman–Crippen MR) is 180 cm³/mol. The van der Waals surface area contributed by atoms with E-state index in [2.05, 4.69) is 133 Å². The molecule has 0 bridgehead atoms. The maximum Gasteiger partial charge on any atom is 0.0880 e. The van der Waals surface area contributed by atoms with E-state index in [0.29, 0.717) is 5.76 Å². The fourth-order valence-corrected chi connectivity index (χ4v) is 5.51. The van der Waals surface area contributed by atoms with Crippen LogP contribution in [0.4, 0.5) is 0 Å². The summed E-state index contributed by atoms with van der Waals surface area (Å²) in [6.07, 6.45) is 22.4. The molecular weight excluding hydrogens is 510 g/mol. The molecule has 0 aromatic heterocycles. The molecular formula is C40H47NO. The van der Waals surface area contributed by atoms with Gasteiger partial charge in [0.1, 0.15) is 0 Å². The molecule has 3 aromatic carbocycles. The van der Waals surface area contributed by atoms with Crippen LogP contribution in [-0.2, 0) is 0 Å². The molecule has 2 nitrogen and oxygen atoms in total. The number of benzene rings is 3. The van der Waals surface area contributed by atoms with E-state index in [1.54, 1.807) is 0 Å². The van der Waals surface area contributed by atoms with E-state index in [0.717, 1.165) is 31.7 Å². The predicted octanol–water partition coefficient (Wildman–Crippen LogP) is 11.1. The molecule has 218 valence electrons. The molecule has 1 aliphatic heterocycles. The Morgan fingerprint density at radius 2 is 1.55 bits per heavy atom. The molecule has 0 spiro atoms. The molecule has 1 aliphatic carbocycles. The molecule has 0 amide bonds. The summed E-state index contributed by atoms with van der Waals surface area (Å²) < 4.78 is 0. The molecule has 0 atom stereocenters. The quantitative estimate of drug-likeness (QED) is 0.251. The van der Waals surface area contributed by atoms with Crippen molar-refractivity contribution in [3.8, 4) is 0 Å². The summed E-state index contributed by atoms with van der Waals surface area (Å²) in [7, 11) is 0. The first-order chi connectivity index (χ1) is 20.6. The maximum atomic E-state index is 8.72. The van der Waals surface area contributed by atoms with Gasteiger partial charge in [0.05, 0.1) is 5.76 Å². The third-order valence-electron chi connectivity index (χ3n) is 8.00. The van der Waals surface area contributed by atoms with E-state index < -0.39 is 0 Å². The van der Waals surface area contributed by atoms with Crippen molar-refractivity contribution in [2.24, 2.45) is 0 Å². The van der Waals surface area contributed by atoms with Crippen LogP contribution in [-0.4, -0.2) is 16.6 Å². The van der Waals surface area contributed by atoms with Crippen molar-refractivity contribution in [3.05, 3.63) is 161 Å². The Morgan fingerprint density at radius 3 is 2.10 bits per heavy atom. The molecule has 2 heteroatoms. The molecule has 0 radical (unpaired) electrons. The second kappa shape index (κ2) is 16.4. The number of aliphatic hydroxyl groups is 1. The molecule has 1 N–H and O–H groups in total. The van der Waals surface area contributed by atoms with E-state index in [9.17, 15) is 0 Å². The van der Waals surface area contributed by atoms with Gasteiger partial charge >= 0.3 is 0 Å². The van der Waals surface area contributed by atoms with Gasteiger partial charge in [-0.1, -0.05) is 136 Å². The van der Waals surface area contributed by atoms with Crippen molar-refractivity contribution in [1.29, 1.82) is 0 Å². The highest BCUT2D eigenvalue weighted by Gasteiger charge is 2.21. The second-order valence-electron chi connectivity index (χ2n) is 11.1. The lowest BCUT2D eigenvalue weighted by Gasteiger charge is -2.29. The van der Waals surface area contributed by atoms with Crippen LogP contribution in [0.25, 0.3) is 6.08 Å². The van der Waals surface area contributed by atoms with Crippen LogP contribution in [0.3, 0.4) is 0 Å². The van der Waals surface area contributed by atoms with Gasteiger partial charge in [-0.25, -0.2) is 0 Å². The van der Waals surface area contributed by atoms with Crippen LogP contribution in [0.1, 0.15) is 93.4 Å². The minimum Gasteiger partial charge on any atom is -0.513 e. The van der Waals surface area contributed by atoms with E-state index in [1.165, 1.54) is 52.8 Å². The third kappa shape index (κ3) is 8.73. The minimum atomic E-state index is 0.211. The second-order valence-corrected chi connectivity index (χ2v) is 11.1. The smallest absolute Gasteiger partial charge is 0.0880 e. The average Bonchev–Trinajstić information content (AvgIpc) is 2.99. The summed E-state index contributed by atoms with van der Waals surface area (Å²) in [6, 6.07) is 30.8. The minimum absolute atomic E-state index is 0.211. The van der Waals surface area contributed by atoms with Crippen molar-refractivity contribution in [2.45, 2.75) is 71.1 Å². The summed E-state index contributed by atoms with van der Waals surface area (Å²) in [4.78, 5) is 2.39. The molecule has 3 aromatic rings. The Morgan fingerprint density at radius 1 is 0.857 bits per heavy atom. The fraction of sp³-hybridized carbons (Fsp3) is 0.300. The molecule has 2 aliphatic rings. The number of hydrogen-bond donors (Lipinski definition) is 1. The lowest BCUT2D eigenvalue weighted by molar-refractivity contribution is 0.392. The summed E-state index contributed by atoms with van der Waals surface area (Å²) >= 11 is 0. The Bertz CT molecular complexity index is 1350. The molecule has 1 saturated carbocycles. The average molecular weight is 558 g/mol. The van der Waals surface area contributed by atoms with Gasteiger partial charge in [0, 0.05) is 30.8 Å². The zero-order valence-electron chi connectivity index (χ0n) is 25.6. The zero-order chi connectivity index (χ0) is 29.6. The Balaban J connectivity index is 0.000000517. The van der Waals surface area contributed by atoms with E-state index in [-0.39, 0.29) is 5.92 Å². The monoisotopic (exact) mass is 557 g/mol. The number of nitrogens with zero attached hydrogens (tertiary/aromatic N) is 1. The summed E-state index contributed by atoms with van der Waals surface area (Å²) in [6.45, 7) is 6.99. The standard InChI is InChI=1S/C34H35N.C6H12O/c1-2-12-33-23-22-32(34(29-15-5-3-6-16-29)30-17-7-4-8-18-30)26-35(33)24-11-14-27-13-9-21-31(25-27)28-19-10-20-28;1-3-5-6(7)4-2/h3-9,11-18,21-23,25-26,28,34H,2,10,19-20,24H2,1H3;5,7H,3-4H2,1-2H3/b14-11+,33-12-;6-5-. The summed E-state index contributed by atoms with van der Waals surface area (Å²) in [5.41, 5.74) is 8.03. The fourth-order valence-electron chi connectivity index (χ4n) is 5.51. The van der Waals surface area contributed by atoms with Crippen molar-refractivity contribution < 1.29 is 5.11 Å². The summed E-state index contributed by atoms with van der Waals surface area (Å²) in [5, 5.41) is 8.72. The van der Waals surface area contributed by atoms with Crippen LogP contribution < -0.4 is 0 Å². The number of aliphatic hydroxyl groups excluding tert-OH is 1. The van der Waals surface area contributed by atoms with Crippen LogP contribution in [0.5, 0.6) is 0 Å². The van der Waals surface area contributed by atoms with Crippen molar-refractivity contribution >= 4 is 6.08 Å². The Labute approximate surface area is 254 Å². The highest BCUT2D eigenvalue weighted by Crippen LogP contribution is 2.37. The molecule has 5 rings (SSSR count). The van der Waals surface area contributed by atoms with Crippen LogP contribution in [0.2, 0.25) is 0 Å². The number of rotatable bonds is 10. The number of hydrogen-bond acceptors (Lipinski definition) is 2. The van der Waals surface area contributed by atoms with Gasteiger partial charge in [0.2, 0.25) is 0 Å². The lowest BCUT2D eigenvalue weighted by Crippen LogP contribution is -2.20. The maximum absolute atomic E-state index is 8.72. The molecule has 0 saturated heterocycles. The van der Waals surface area contributed by atoms with Crippen LogP contribution >= 0.6 is 0 Å². The van der Waals surface area contributed by atoms with Crippen LogP contribution in [0.15, 0.2) is 139 Å². The normalized spacial score (nSPS) is 16.4. The summed E-state index contributed by atoms with van der Waals surface area (Å²) in [5.74, 6) is 1.48. The lowest BCUT2D eigenvalue weighted by atomic mass is 9.80. The van der Waals surface area contributed by atoms with Crippen molar-refractivity contribution in [1.82, 2.24) is 4.90 Å². The van der Waals surface area contributed by atoms with Gasteiger partial charge in [0.15, 0.2) is 0 Å². The van der Waals surface area contributed by atoms with Gasteiger partial charge in [-0.15, -0.1) is 0 Å². The Kier molecular flexibility index (Phi) is 12.1. The molecule has 42 heavy (non-hydrogen) atoms. The molecule has 0 unspecified atom stereocenters. The molecule has 1 fully saturated rings. The third-order valence-corrected chi connectivity index (χ3v) is 8.00. The SMILES string of the molecule is CC/C=C(\O)CC.CC/C=C1/C=CC(C(c2ccccc2)c2ccccc2)=CN1C/C=C/c1cccc(C2CCC2)c1. The van der Waals surface area contributed by atoms with E-state index in [1.807, 2.05) is 19.9 Å². The zero-order valence-corrected chi connectivity index (χ0v) is 25.6. The van der Waals surface area contributed by atoms with E-state index >= 15 is 0 Å².